The predicted octanol–water partition coefficient (Wildman–Crippen LogP) is 5.91. The van der Waals surface area contributed by atoms with E-state index in [4.69, 9.17) is 15.2 Å². The number of esters is 1. The van der Waals surface area contributed by atoms with Gasteiger partial charge in [-0.05, 0) is 65.2 Å². The lowest BCUT2D eigenvalue weighted by atomic mass is 9.78. The summed E-state index contributed by atoms with van der Waals surface area (Å²) in [6, 6.07) is 31.7. The zero-order valence-electron chi connectivity index (χ0n) is 19.7. The Kier molecular flexibility index (Phi) is 6.97. The molecule has 35 heavy (non-hydrogen) atoms. The molecule has 0 atom stereocenters. The molecular formula is C30H27NO4. The third-order valence-corrected chi connectivity index (χ3v) is 5.99. The third kappa shape index (κ3) is 5.76. The number of benzene rings is 4. The molecule has 0 bridgehead atoms. The molecule has 0 unspecified atom stereocenters. The Balaban J connectivity index is 1.38. The first kappa shape index (κ1) is 23.8. The van der Waals surface area contributed by atoms with E-state index in [1.54, 1.807) is 18.2 Å². The van der Waals surface area contributed by atoms with Crippen LogP contribution < -0.4 is 15.2 Å². The summed E-state index contributed by atoms with van der Waals surface area (Å²) in [7, 11) is 0. The zero-order valence-corrected chi connectivity index (χ0v) is 19.7. The molecule has 0 saturated heterocycles. The van der Waals surface area contributed by atoms with Gasteiger partial charge in [-0.3, -0.25) is 4.79 Å². The molecule has 2 N–H and O–H groups in total. The van der Waals surface area contributed by atoms with Crippen LogP contribution >= 0.6 is 0 Å². The maximum absolute atomic E-state index is 12.6. The van der Waals surface area contributed by atoms with Crippen molar-refractivity contribution in [2.45, 2.75) is 25.9 Å². The van der Waals surface area contributed by atoms with Gasteiger partial charge in [-0.2, -0.15) is 0 Å². The minimum absolute atomic E-state index is 0.116. The smallest absolute Gasteiger partial charge is 0.343 e. The fourth-order valence-corrected chi connectivity index (χ4v) is 3.80. The Morgan fingerprint density at radius 3 is 2.00 bits per heavy atom. The monoisotopic (exact) mass is 465 g/mol. The second kappa shape index (κ2) is 10.3. The molecule has 5 heteroatoms. The van der Waals surface area contributed by atoms with Crippen LogP contribution in [0.2, 0.25) is 0 Å². The average molecular weight is 466 g/mol. The maximum Gasteiger partial charge on any atom is 0.343 e. The van der Waals surface area contributed by atoms with Crippen molar-refractivity contribution in [2.75, 3.05) is 0 Å². The summed E-state index contributed by atoms with van der Waals surface area (Å²) in [6.45, 7) is 4.72. The number of rotatable bonds is 8. The SMILES string of the molecule is CC(C)(c1ccccc1)c1ccc(OCc2cccc(C(=O)Oc3ccc(C(N)=O)cc3)c2)cc1. The van der Waals surface area contributed by atoms with Crippen LogP contribution in [-0.4, -0.2) is 11.9 Å². The number of primary amides is 1. The van der Waals surface area contributed by atoms with Gasteiger partial charge in [0.05, 0.1) is 5.56 Å². The van der Waals surface area contributed by atoms with Crippen LogP contribution in [0.5, 0.6) is 11.5 Å². The van der Waals surface area contributed by atoms with Crippen LogP contribution in [0.1, 0.15) is 51.3 Å². The normalized spacial score (nSPS) is 11.0. The van der Waals surface area contributed by atoms with Gasteiger partial charge >= 0.3 is 5.97 Å². The number of nitrogens with two attached hydrogens (primary N) is 1. The number of amides is 1. The highest BCUT2D eigenvalue weighted by Gasteiger charge is 2.22. The summed E-state index contributed by atoms with van der Waals surface area (Å²) < 4.78 is 11.4. The Labute approximate surface area is 205 Å². The highest BCUT2D eigenvalue weighted by atomic mass is 16.5. The van der Waals surface area contributed by atoms with Gasteiger partial charge in [0.25, 0.3) is 0 Å². The Bertz CT molecular complexity index is 1310. The van der Waals surface area contributed by atoms with E-state index in [1.165, 1.54) is 35.4 Å². The molecule has 4 aromatic carbocycles. The third-order valence-electron chi connectivity index (χ3n) is 5.99. The largest absolute Gasteiger partial charge is 0.489 e. The molecule has 1 amide bonds. The van der Waals surface area contributed by atoms with E-state index in [-0.39, 0.29) is 5.41 Å². The molecule has 0 aliphatic rings. The number of hydrogen-bond donors (Lipinski definition) is 1. The number of hydrogen-bond acceptors (Lipinski definition) is 4. The van der Waals surface area contributed by atoms with Gasteiger partial charge in [-0.25, -0.2) is 4.79 Å². The maximum atomic E-state index is 12.6. The molecule has 0 radical (unpaired) electrons. The Morgan fingerprint density at radius 2 is 1.34 bits per heavy atom. The van der Waals surface area contributed by atoms with E-state index in [0.29, 0.717) is 23.5 Å². The van der Waals surface area contributed by atoms with Crippen LogP contribution in [0.4, 0.5) is 0 Å². The second-order valence-electron chi connectivity index (χ2n) is 8.78. The van der Waals surface area contributed by atoms with Crippen molar-refractivity contribution in [1.29, 1.82) is 0 Å². The predicted molar refractivity (Wildman–Crippen MR) is 136 cm³/mol. The molecule has 176 valence electrons. The lowest BCUT2D eigenvalue weighted by Gasteiger charge is -2.26. The summed E-state index contributed by atoms with van der Waals surface area (Å²) >= 11 is 0. The fraction of sp³-hybridized carbons (Fsp3) is 0.133. The molecule has 0 heterocycles. The molecule has 4 rings (SSSR count). The van der Waals surface area contributed by atoms with E-state index < -0.39 is 11.9 Å². The Hall–Kier alpha value is -4.38. The molecule has 0 spiro atoms. The van der Waals surface area contributed by atoms with Crippen molar-refractivity contribution in [1.82, 2.24) is 0 Å². The van der Waals surface area contributed by atoms with Crippen molar-refractivity contribution < 1.29 is 19.1 Å². The number of carbonyl (C=O) groups excluding carboxylic acids is 2. The molecule has 4 aromatic rings. The second-order valence-corrected chi connectivity index (χ2v) is 8.78. The van der Waals surface area contributed by atoms with Crippen molar-refractivity contribution in [3.63, 3.8) is 0 Å². The first-order valence-electron chi connectivity index (χ1n) is 11.3. The molecule has 0 saturated carbocycles. The highest BCUT2D eigenvalue weighted by molar-refractivity contribution is 5.93. The van der Waals surface area contributed by atoms with Crippen molar-refractivity contribution in [2.24, 2.45) is 5.73 Å². The Morgan fingerprint density at radius 1 is 0.714 bits per heavy atom. The summed E-state index contributed by atoms with van der Waals surface area (Å²) in [5, 5.41) is 0. The minimum Gasteiger partial charge on any atom is -0.489 e. The first-order valence-corrected chi connectivity index (χ1v) is 11.3. The van der Waals surface area contributed by atoms with Crippen LogP contribution in [0.25, 0.3) is 0 Å². The molecule has 0 aromatic heterocycles. The van der Waals surface area contributed by atoms with Gasteiger partial charge in [0, 0.05) is 11.0 Å². The van der Waals surface area contributed by atoms with Crippen LogP contribution in [-0.2, 0) is 12.0 Å². The number of ether oxygens (including phenoxy) is 2. The standard InChI is InChI=1S/C30H27NO4/c1-30(2,24-9-4-3-5-10-24)25-13-17-26(18-14-25)34-20-21-7-6-8-23(19-21)29(33)35-27-15-11-22(12-16-27)28(31)32/h3-19H,20H2,1-2H3,(H2,31,32). The summed E-state index contributed by atoms with van der Waals surface area (Å²) in [5.74, 6) is 0.0524. The van der Waals surface area contributed by atoms with Crippen molar-refractivity contribution >= 4 is 11.9 Å². The minimum atomic E-state index is -0.537. The van der Waals surface area contributed by atoms with Gasteiger partial charge in [0.1, 0.15) is 18.1 Å². The molecular weight excluding hydrogens is 438 g/mol. The van der Waals surface area contributed by atoms with Gasteiger partial charge in [0.15, 0.2) is 0 Å². The molecule has 5 nitrogen and oxygen atoms in total. The van der Waals surface area contributed by atoms with E-state index in [0.717, 1.165) is 11.3 Å². The average Bonchev–Trinajstić information content (AvgIpc) is 2.88. The summed E-state index contributed by atoms with van der Waals surface area (Å²) in [4.78, 5) is 23.7. The van der Waals surface area contributed by atoms with Crippen molar-refractivity contribution in [3.05, 3.63) is 131 Å². The summed E-state index contributed by atoms with van der Waals surface area (Å²) in [6.07, 6.45) is 0. The summed E-state index contributed by atoms with van der Waals surface area (Å²) in [5.41, 5.74) is 9.17. The topological polar surface area (TPSA) is 78.6 Å². The lowest BCUT2D eigenvalue weighted by Crippen LogP contribution is -2.18. The van der Waals surface area contributed by atoms with Gasteiger partial charge in [-0.1, -0.05) is 68.4 Å². The van der Waals surface area contributed by atoms with Gasteiger partial charge in [-0.15, -0.1) is 0 Å². The van der Waals surface area contributed by atoms with Crippen LogP contribution in [0.3, 0.4) is 0 Å². The van der Waals surface area contributed by atoms with E-state index in [2.05, 4.69) is 50.2 Å². The van der Waals surface area contributed by atoms with Gasteiger partial charge in [0.2, 0.25) is 5.91 Å². The molecule has 0 fully saturated rings. The van der Waals surface area contributed by atoms with Gasteiger partial charge < -0.3 is 15.2 Å². The fourth-order valence-electron chi connectivity index (χ4n) is 3.80. The van der Waals surface area contributed by atoms with E-state index >= 15 is 0 Å². The quantitative estimate of drug-likeness (QED) is 0.259. The first-order chi connectivity index (χ1) is 16.8. The lowest BCUT2D eigenvalue weighted by molar-refractivity contribution is 0.0734. The van der Waals surface area contributed by atoms with Crippen molar-refractivity contribution in [3.8, 4) is 11.5 Å². The molecule has 0 aliphatic carbocycles. The zero-order chi connectivity index (χ0) is 24.8. The molecule has 0 aliphatic heterocycles. The van der Waals surface area contributed by atoms with Crippen LogP contribution in [0, 0.1) is 0 Å². The highest BCUT2D eigenvalue weighted by Crippen LogP contribution is 2.32. The van der Waals surface area contributed by atoms with E-state index in [9.17, 15) is 9.59 Å². The van der Waals surface area contributed by atoms with E-state index in [1.807, 2.05) is 24.3 Å². The van der Waals surface area contributed by atoms with Crippen LogP contribution in [0.15, 0.2) is 103 Å². The number of carbonyl (C=O) groups is 2.